The number of carbonyl (C=O) groups excluding carboxylic acids is 1. The lowest BCUT2D eigenvalue weighted by atomic mass is 9.98. The van der Waals surface area contributed by atoms with Gasteiger partial charge in [0.1, 0.15) is 0 Å². The summed E-state index contributed by atoms with van der Waals surface area (Å²) in [6.45, 7) is 2.62. The minimum atomic E-state index is -4.38. The zero-order chi connectivity index (χ0) is 18.3. The summed E-state index contributed by atoms with van der Waals surface area (Å²) in [6.07, 6.45) is -3.60. The topological polar surface area (TPSA) is 41.1 Å². The van der Waals surface area contributed by atoms with E-state index in [9.17, 15) is 18.0 Å². The summed E-state index contributed by atoms with van der Waals surface area (Å²) < 4.78 is 37.9. The number of benzene rings is 2. The van der Waals surface area contributed by atoms with Crippen LogP contribution in [0.15, 0.2) is 54.6 Å². The summed E-state index contributed by atoms with van der Waals surface area (Å²) >= 11 is 0. The molecule has 2 aromatic rings. The van der Waals surface area contributed by atoms with E-state index in [1.807, 2.05) is 30.3 Å². The average molecular weight is 350 g/mol. The molecule has 0 aliphatic heterocycles. The highest BCUT2D eigenvalue weighted by Gasteiger charge is 2.30. The maximum absolute atomic E-state index is 12.6. The Hall–Kier alpha value is -2.50. The van der Waals surface area contributed by atoms with Crippen LogP contribution in [0.5, 0.6) is 0 Å². The minimum absolute atomic E-state index is 0.0456. The minimum Gasteiger partial charge on any atom is -0.338 e. The number of hydrogen-bond acceptors (Lipinski definition) is 1. The Kier molecular flexibility index (Phi) is 6.44. The zero-order valence-corrected chi connectivity index (χ0v) is 13.9. The normalized spacial score (nSPS) is 12.5. The van der Waals surface area contributed by atoms with E-state index in [2.05, 4.69) is 17.6 Å². The number of nitrogens with one attached hydrogen (secondary N) is 2. The summed E-state index contributed by atoms with van der Waals surface area (Å²) in [5.41, 5.74) is 0.889. The second-order valence-electron chi connectivity index (χ2n) is 5.91. The molecule has 1 unspecified atom stereocenters. The van der Waals surface area contributed by atoms with E-state index < -0.39 is 17.8 Å². The van der Waals surface area contributed by atoms with Crippen molar-refractivity contribution in [2.75, 3.05) is 6.54 Å². The van der Waals surface area contributed by atoms with Gasteiger partial charge in [-0.2, -0.15) is 13.2 Å². The molecule has 0 heterocycles. The van der Waals surface area contributed by atoms with Crippen molar-refractivity contribution in [2.24, 2.45) is 0 Å². The van der Waals surface area contributed by atoms with Gasteiger partial charge in [-0.1, -0.05) is 49.4 Å². The predicted octanol–water partition coefficient (Wildman–Crippen LogP) is 4.70. The molecule has 0 saturated carbocycles. The average Bonchev–Trinajstić information content (AvgIpc) is 2.60. The highest BCUT2D eigenvalue weighted by Crippen LogP contribution is 2.29. The lowest BCUT2D eigenvalue weighted by Gasteiger charge is -2.13. The Morgan fingerprint density at radius 2 is 1.76 bits per heavy atom. The molecule has 3 nitrogen and oxygen atoms in total. The fourth-order valence-electron chi connectivity index (χ4n) is 2.45. The van der Waals surface area contributed by atoms with Crippen LogP contribution in [0.25, 0.3) is 0 Å². The molecule has 0 radical (unpaired) electrons. The van der Waals surface area contributed by atoms with Crippen LogP contribution >= 0.6 is 0 Å². The molecule has 0 fully saturated rings. The highest BCUT2D eigenvalue weighted by atomic mass is 19.4. The van der Waals surface area contributed by atoms with E-state index in [-0.39, 0.29) is 6.54 Å². The zero-order valence-electron chi connectivity index (χ0n) is 13.9. The predicted molar refractivity (Wildman–Crippen MR) is 91.2 cm³/mol. The van der Waals surface area contributed by atoms with Crippen LogP contribution in [0.2, 0.25) is 0 Å². The van der Waals surface area contributed by atoms with E-state index >= 15 is 0 Å². The maximum Gasteiger partial charge on any atom is 0.416 e. The van der Waals surface area contributed by atoms with Gasteiger partial charge < -0.3 is 10.6 Å². The number of hydrogen-bond donors (Lipinski definition) is 2. The molecular formula is C19H21F3N2O. The molecule has 1 atom stereocenters. The van der Waals surface area contributed by atoms with Gasteiger partial charge in [-0.05, 0) is 35.6 Å². The molecule has 2 amide bonds. The number of rotatable bonds is 6. The van der Waals surface area contributed by atoms with Crippen molar-refractivity contribution in [3.8, 4) is 0 Å². The van der Waals surface area contributed by atoms with E-state index in [0.29, 0.717) is 18.0 Å². The fraction of sp³-hybridized carbons (Fsp3) is 0.316. The van der Waals surface area contributed by atoms with Gasteiger partial charge in [0, 0.05) is 13.1 Å². The summed E-state index contributed by atoms with van der Waals surface area (Å²) in [7, 11) is 0. The number of amides is 2. The molecule has 6 heteroatoms. The van der Waals surface area contributed by atoms with Crippen molar-refractivity contribution in [1.29, 1.82) is 0 Å². The van der Waals surface area contributed by atoms with Gasteiger partial charge in [-0.3, -0.25) is 0 Å². The molecule has 2 aromatic carbocycles. The van der Waals surface area contributed by atoms with E-state index in [1.165, 1.54) is 11.6 Å². The SMILES string of the molecule is CC(CCNC(=O)NCc1cccc(C(F)(F)F)c1)c1ccccc1. The molecule has 0 bridgehead atoms. The van der Waals surface area contributed by atoms with Crippen molar-refractivity contribution in [3.05, 3.63) is 71.3 Å². The largest absolute Gasteiger partial charge is 0.416 e. The van der Waals surface area contributed by atoms with Gasteiger partial charge in [-0.25, -0.2) is 4.79 Å². The first-order valence-corrected chi connectivity index (χ1v) is 8.09. The van der Waals surface area contributed by atoms with Crippen LogP contribution in [-0.2, 0) is 12.7 Å². The number of halogens is 3. The molecule has 2 N–H and O–H groups in total. The Morgan fingerprint density at radius 3 is 2.44 bits per heavy atom. The lowest BCUT2D eigenvalue weighted by molar-refractivity contribution is -0.137. The molecule has 0 aromatic heterocycles. The van der Waals surface area contributed by atoms with Crippen molar-refractivity contribution < 1.29 is 18.0 Å². The first kappa shape index (κ1) is 18.8. The summed E-state index contributed by atoms with van der Waals surface area (Å²) in [5.74, 6) is 0.310. The third kappa shape index (κ3) is 6.14. The summed E-state index contributed by atoms with van der Waals surface area (Å²) in [6, 6.07) is 14.5. The van der Waals surface area contributed by atoms with Crippen LogP contribution < -0.4 is 10.6 Å². The van der Waals surface area contributed by atoms with Gasteiger partial charge in [0.05, 0.1) is 5.56 Å². The van der Waals surface area contributed by atoms with Crippen LogP contribution in [-0.4, -0.2) is 12.6 Å². The van der Waals surface area contributed by atoms with Crippen molar-refractivity contribution in [2.45, 2.75) is 32.0 Å². The Morgan fingerprint density at radius 1 is 1.04 bits per heavy atom. The lowest BCUT2D eigenvalue weighted by Crippen LogP contribution is -2.35. The third-order valence-corrected chi connectivity index (χ3v) is 3.94. The van der Waals surface area contributed by atoms with Gasteiger partial charge in [-0.15, -0.1) is 0 Å². The highest BCUT2D eigenvalue weighted by molar-refractivity contribution is 5.73. The van der Waals surface area contributed by atoms with Gasteiger partial charge in [0.25, 0.3) is 0 Å². The first-order valence-electron chi connectivity index (χ1n) is 8.09. The molecule has 0 aliphatic carbocycles. The molecule has 0 spiro atoms. The fourth-order valence-corrected chi connectivity index (χ4v) is 2.45. The Labute approximate surface area is 145 Å². The summed E-state index contributed by atoms with van der Waals surface area (Å²) in [5, 5.41) is 5.30. The maximum atomic E-state index is 12.6. The molecule has 0 aliphatic rings. The second kappa shape index (κ2) is 8.55. The standard InChI is InChI=1S/C19H21F3N2O/c1-14(16-7-3-2-4-8-16)10-11-23-18(25)24-13-15-6-5-9-17(12-15)19(20,21)22/h2-9,12,14H,10-11,13H2,1H3,(H2,23,24,25). The van der Waals surface area contributed by atoms with Gasteiger partial charge >= 0.3 is 12.2 Å². The van der Waals surface area contributed by atoms with E-state index in [0.717, 1.165) is 18.6 Å². The monoisotopic (exact) mass is 350 g/mol. The van der Waals surface area contributed by atoms with Crippen LogP contribution in [0.4, 0.5) is 18.0 Å². The first-order chi connectivity index (χ1) is 11.9. The summed E-state index contributed by atoms with van der Waals surface area (Å²) in [4.78, 5) is 11.8. The van der Waals surface area contributed by atoms with Gasteiger partial charge in [0.15, 0.2) is 0 Å². The van der Waals surface area contributed by atoms with Crippen molar-refractivity contribution in [3.63, 3.8) is 0 Å². The van der Waals surface area contributed by atoms with Crippen LogP contribution in [0, 0.1) is 0 Å². The molecular weight excluding hydrogens is 329 g/mol. The second-order valence-corrected chi connectivity index (χ2v) is 5.91. The number of carbonyl (C=O) groups is 1. The Bertz CT molecular complexity index is 687. The number of urea groups is 1. The molecule has 25 heavy (non-hydrogen) atoms. The van der Waals surface area contributed by atoms with E-state index in [4.69, 9.17) is 0 Å². The smallest absolute Gasteiger partial charge is 0.338 e. The number of alkyl halides is 3. The Balaban J connectivity index is 1.74. The molecule has 0 saturated heterocycles. The van der Waals surface area contributed by atoms with Crippen molar-refractivity contribution >= 4 is 6.03 Å². The third-order valence-electron chi connectivity index (χ3n) is 3.94. The van der Waals surface area contributed by atoms with Gasteiger partial charge in [0.2, 0.25) is 0 Å². The van der Waals surface area contributed by atoms with E-state index in [1.54, 1.807) is 6.07 Å². The quantitative estimate of drug-likeness (QED) is 0.779. The molecule has 134 valence electrons. The van der Waals surface area contributed by atoms with Crippen LogP contribution in [0.3, 0.4) is 0 Å². The van der Waals surface area contributed by atoms with Crippen LogP contribution in [0.1, 0.15) is 36.0 Å². The van der Waals surface area contributed by atoms with Crippen molar-refractivity contribution in [1.82, 2.24) is 10.6 Å². The molecule has 2 rings (SSSR count).